The molecule has 1 rings (SSSR count). The quantitative estimate of drug-likeness (QED) is 0.566. The van der Waals surface area contributed by atoms with Crippen molar-refractivity contribution in [3.63, 3.8) is 0 Å². The van der Waals surface area contributed by atoms with Gasteiger partial charge in [0.2, 0.25) is 6.41 Å². The first kappa shape index (κ1) is 6.99. The molecule has 0 bridgehead atoms. The van der Waals surface area contributed by atoms with Gasteiger partial charge < -0.3 is 5.32 Å². The Kier molecular flexibility index (Phi) is 2.67. The molecule has 0 fully saturated rings. The Bertz CT molecular complexity index is 172. The molecular weight excluding hydrogens is 128 g/mol. The summed E-state index contributed by atoms with van der Waals surface area (Å²) in [6, 6.07) is 0. The molecule has 0 aromatic heterocycles. The van der Waals surface area contributed by atoms with Crippen molar-refractivity contribution in [2.24, 2.45) is 4.99 Å². The van der Waals surface area contributed by atoms with Crippen LogP contribution < -0.4 is 5.32 Å². The molecule has 0 spiro atoms. The Morgan fingerprint density at radius 1 is 1.70 bits per heavy atom. The lowest BCUT2D eigenvalue weighted by atomic mass is 10.2. The Hall–Kier alpha value is -1.12. The van der Waals surface area contributed by atoms with Crippen LogP contribution in [-0.4, -0.2) is 19.2 Å². The van der Waals surface area contributed by atoms with Crippen LogP contribution in [0.15, 0.2) is 16.8 Å². The van der Waals surface area contributed by atoms with Crippen molar-refractivity contribution in [3.05, 3.63) is 11.8 Å². The summed E-state index contributed by atoms with van der Waals surface area (Å²) >= 11 is 0. The highest BCUT2D eigenvalue weighted by Crippen LogP contribution is 2.03. The SMILES string of the molecule is O=CNCC1=CCCC=N1. The average Bonchev–Trinajstić information content (AvgIpc) is 2.03. The summed E-state index contributed by atoms with van der Waals surface area (Å²) in [4.78, 5) is 13.9. The summed E-state index contributed by atoms with van der Waals surface area (Å²) in [7, 11) is 0. The van der Waals surface area contributed by atoms with Crippen LogP contribution >= 0.6 is 0 Å². The lowest BCUT2D eigenvalue weighted by Crippen LogP contribution is -2.14. The van der Waals surface area contributed by atoms with E-state index in [9.17, 15) is 4.79 Å². The molecule has 0 saturated heterocycles. The Morgan fingerprint density at radius 3 is 3.20 bits per heavy atom. The summed E-state index contributed by atoms with van der Waals surface area (Å²) in [5.41, 5.74) is 0.957. The topological polar surface area (TPSA) is 41.5 Å². The molecule has 1 aliphatic heterocycles. The fourth-order valence-electron chi connectivity index (χ4n) is 0.823. The third kappa shape index (κ3) is 2.01. The number of nitrogens with zero attached hydrogens (tertiary/aromatic N) is 1. The van der Waals surface area contributed by atoms with Crippen molar-refractivity contribution in [2.75, 3.05) is 6.54 Å². The number of nitrogens with one attached hydrogen (secondary N) is 1. The first-order valence-corrected chi connectivity index (χ1v) is 3.32. The van der Waals surface area contributed by atoms with Gasteiger partial charge in [-0.25, -0.2) is 0 Å². The molecule has 0 aliphatic carbocycles. The van der Waals surface area contributed by atoms with E-state index in [4.69, 9.17) is 0 Å². The largest absolute Gasteiger partial charge is 0.353 e. The van der Waals surface area contributed by atoms with Crippen molar-refractivity contribution in [1.82, 2.24) is 5.32 Å². The number of carbonyl (C=O) groups excluding carboxylic acids is 1. The Labute approximate surface area is 59.8 Å². The van der Waals surface area contributed by atoms with Crippen LogP contribution in [0.3, 0.4) is 0 Å². The molecule has 54 valence electrons. The zero-order valence-corrected chi connectivity index (χ0v) is 5.71. The van der Waals surface area contributed by atoms with Gasteiger partial charge in [0.25, 0.3) is 0 Å². The first-order chi connectivity index (χ1) is 4.93. The maximum Gasteiger partial charge on any atom is 0.207 e. The number of rotatable bonds is 3. The van der Waals surface area contributed by atoms with Crippen LogP contribution in [0.25, 0.3) is 0 Å². The van der Waals surface area contributed by atoms with Gasteiger partial charge in [0.1, 0.15) is 0 Å². The zero-order chi connectivity index (χ0) is 7.23. The molecule has 0 radical (unpaired) electrons. The average molecular weight is 138 g/mol. The van der Waals surface area contributed by atoms with Crippen molar-refractivity contribution < 1.29 is 4.79 Å². The maximum absolute atomic E-state index is 9.86. The van der Waals surface area contributed by atoms with Gasteiger partial charge in [0.05, 0.1) is 12.2 Å². The number of allylic oxidation sites excluding steroid dienone is 1. The van der Waals surface area contributed by atoms with E-state index in [2.05, 4.69) is 10.3 Å². The Morgan fingerprint density at radius 2 is 2.60 bits per heavy atom. The first-order valence-electron chi connectivity index (χ1n) is 3.32. The van der Waals surface area contributed by atoms with Gasteiger partial charge in [0.15, 0.2) is 0 Å². The molecule has 0 unspecified atom stereocenters. The number of amides is 1. The minimum absolute atomic E-state index is 0.556. The van der Waals surface area contributed by atoms with Crippen LogP contribution in [-0.2, 0) is 4.79 Å². The highest BCUT2D eigenvalue weighted by Gasteiger charge is 1.95. The van der Waals surface area contributed by atoms with Gasteiger partial charge in [-0.2, -0.15) is 0 Å². The van der Waals surface area contributed by atoms with Crippen molar-refractivity contribution in [1.29, 1.82) is 0 Å². The molecule has 1 aliphatic rings. The predicted octanol–water partition coefficient (Wildman–Crippen LogP) is 0.481. The molecule has 3 heteroatoms. The monoisotopic (exact) mass is 138 g/mol. The highest BCUT2D eigenvalue weighted by atomic mass is 16.1. The van der Waals surface area contributed by atoms with Gasteiger partial charge in [-0.1, -0.05) is 6.08 Å². The van der Waals surface area contributed by atoms with E-state index in [0.29, 0.717) is 13.0 Å². The molecule has 0 aromatic rings. The summed E-state index contributed by atoms with van der Waals surface area (Å²) in [5, 5.41) is 2.56. The molecule has 1 N–H and O–H groups in total. The van der Waals surface area contributed by atoms with Crippen molar-refractivity contribution >= 4 is 12.6 Å². The fraction of sp³-hybridized carbons (Fsp3) is 0.429. The highest BCUT2D eigenvalue weighted by molar-refractivity contribution is 5.61. The molecule has 0 saturated carbocycles. The van der Waals surface area contributed by atoms with E-state index < -0.39 is 0 Å². The normalized spacial score (nSPS) is 16.2. The fourth-order valence-corrected chi connectivity index (χ4v) is 0.823. The molecule has 1 amide bonds. The minimum atomic E-state index is 0.556. The second-order valence-electron chi connectivity index (χ2n) is 2.08. The predicted molar refractivity (Wildman–Crippen MR) is 39.9 cm³/mol. The summed E-state index contributed by atoms with van der Waals surface area (Å²) in [6.07, 6.45) is 6.66. The summed E-state index contributed by atoms with van der Waals surface area (Å²) < 4.78 is 0. The second kappa shape index (κ2) is 3.82. The van der Waals surface area contributed by atoms with Crippen molar-refractivity contribution in [3.8, 4) is 0 Å². The van der Waals surface area contributed by atoms with E-state index in [1.54, 1.807) is 0 Å². The second-order valence-corrected chi connectivity index (χ2v) is 2.08. The van der Waals surface area contributed by atoms with Crippen LogP contribution in [0.2, 0.25) is 0 Å². The molecule has 3 nitrogen and oxygen atoms in total. The van der Waals surface area contributed by atoms with Crippen LogP contribution in [0.4, 0.5) is 0 Å². The maximum atomic E-state index is 9.86. The Balaban J connectivity index is 2.32. The number of carbonyl (C=O) groups is 1. The van der Waals surface area contributed by atoms with Gasteiger partial charge >= 0.3 is 0 Å². The number of hydrogen-bond acceptors (Lipinski definition) is 2. The molecule has 1 heterocycles. The van der Waals surface area contributed by atoms with Gasteiger partial charge in [0, 0.05) is 6.21 Å². The number of hydrogen-bond donors (Lipinski definition) is 1. The van der Waals surface area contributed by atoms with Gasteiger partial charge in [-0.15, -0.1) is 0 Å². The molecule has 0 aromatic carbocycles. The van der Waals surface area contributed by atoms with E-state index in [1.165, 1.54) is 0 Å². The molecular formula is C7H10N2O. The summed E-state index contributed by atoms with van der Waals surface area (Å²) in [6.45, 7) is 0.556. The van der Waals surface area contributed by atoms with Crippen LogP contribution in [0.5, 0.6) is 0 Å². The third-order valence-corrected chi connectivity index (χ3v) is 1.30. The van der Waals surface area contributed by atoms with E-state index in [-0.39, 0.29) is 0 Å². The lowest BCUT2D eigenvalue weighted by molar-refractivity contribution is -0.109. The third-order valence-electron chi connectivity index (χ3n) is 1.30. The molecule has 0 atom stereocenters. The lowest BCUT2D eigenvalue weighted by Gasteiger charge is -2.03. The van der Waals surface area contributed by atoms with E-state index >= 15 is 0 Å². The van der Waals surface area contributed by atoms with Gasteiger partial charge in [-0.3, -0.25) is 9.79 Å². The smallest absolute Gasteiger partial charge is 0.207 e. The summed E-state index contributed by atoms with van der Waals surface area (Å²) in [5.74, 6) is 0. The van der Waals surface area contributed by atoms with Crippen LogP contribution in [0, 0.1) is 0 Å². The zero-order valence-electron chi connectivity index (χ0n) is 5.71. The van der Waals surface area contributed by atoms with Crippen molar-refractivity contribution in [2.45, 2.75) is 12.8 Å². The number of aliphatic imine (C=N–C) groups is 1. The van der Waals surface area contributed by atoms with E-state index in [1.807, 2.05) is 12.3 Å². The minimum Gasteiger partial charge on any atom is -0.353 e. The standard InChI is InChI=1S/C7H10N2O/c10-6-8-5-7-3-1-2-4-9-7/h3-4,6H,1-2,5H2,(H,8,10). The van der Waals surface area contributed by atoms with E-state index in [0.717, 1.165) is 18.5 Å². The van der Waals surface area contributed by atoms with Gasteiger partial charge in [-0.05, 0) is 12.8 Å². The van der Waals surface area contributed by atoms with Crippen LogP contribution in [0.1, 0.15) is 12.8 Å². The molecule has 10 heavy (non-hydrogen) atoms.